The predicted octanol–water partition coefficient (Wildman–Crippen LogP) is 3.08. The third-order valence-corrected chi connectivity index (χ3v) is 5.09. The summed E-state index contributed by atoms with van der Waals surface area (Å²) in [4.78, 5) is 21.1. The van der Waals surface area contributed by atoms with E-state index >= 15 is 0 Å². The lowest BCUT2D eigenvalue weighted by molar-refractivity contribution is 0.0787. The highest BCUT2D eigenvalue weighted by Gasteiger charge is 2.30. The van der Waals surface area contributed by atoms with Crippen molar-refractivity contribution in [3.63, 3.8) is 0 Å². The van der Waals surface area contributed by atoms with Gasteiger partial charge in [0.15, 0.2) is 5.69 Å². The molecule has 1 saturated carbocycles. The Morgan fingerprint density at radius 2 is 2.12 bits per heavy atom. The number of benzene rings is 1. The first-order chi connectivity index (χ1) is 12.7. The van der Waals surface area contributed by atoms with E-state index < -0.39 is 0 Å². The van der Waals surface area contributed by atoms with Gasteiger partial charge in [0.2, 0.25) is 5.89 Å². The third-order valence-electron chi connectivity index (χ3n) is 5.09. The molecule has 1 aromatic carbocycles. The summed E-state index contributed by atoms with van der Waals surface area (Å²) in [5, 5.41) is 0. The van der Waals surface area contributed by atoms with Crippen molar-refractivity contribution in [2.24, 2.45) is 0 Å². The highest BCUT2D eigenvalue weighted by atomic mass is 16.5. The zero-order chi connectivity index (χ0) is 17.9. The van der Waals surface area contributed by atoms with Crippen LogP contribution in [0.15, 0.2) is 34.9 Å². The highest BCUT2D eigenvalue weighted by molar-refractivity contribution is 5.92. The zero-order valence-electron chi connectivity index (χ0n) is 15.2. The van der Waals surface area contributed by atoms with E-state index in [9.17, 15) is 4.79 Å². The fourth-order valence-electron chi connectivity index (χ4n) is 3.50. The molecule has 6 heteroatoms. The second-order valence-electron chi connectivity index (χ2n) is 7.11. The molecule has 0 atom stereocenters. The number of rotatable bonds is 7. The van der Waals surface area contributed by atoms with Crippen molar-refractivity contribution < 1.29 is 13.9 Å². The molecular formula is C20H25N3O3. The minimum Gasteiger partial charge on any atom is -0.497 e. The van der Waals surface area contributed by atoms with Crippen LogP contribution in [0.5, 0.6) is 5.75 Å². The van der Waals surface area contributed by atoms with Crippen molar-refractivity contribution in [3.05, 3.63) is 47.7 Å². The van der Waals surface area contributed by atoms with Gasteiger partial charge in [-0.05, 0) is 43.4 Å². The van der Waals surface area contributed by atoms with E-state index in [0.717, 1.165) is 38.2 Å². The number of amides is 1. The topological polar surface area (TPSA) is 58.8 Å². The standard InChI is InChI=1S/C20H25N3O3/c1-25-17-6-4-5-15(11-17)12-23(16-7-8-16)13-19-21-18(14-26-19)20(24)22-9-2-3-10-22/h4-6,11,14,16H,2-3,7-10,12-13H2,1H3. The summed E-state index contributed by atoms with van der Waals surface area (Å²) in [6, 6.07) is 8.70. The van der Waals surface area contributed by atoms with Gasteiger partial charge in [0, 0.05) is 25.7 Å². The summed E-state index contributed by atoms with van der Waals surface area (Å²) in [6.45, 7) is 3.09. The van der Waals surface area contributed by atoms with E-state index in [4.69, 9.17) is 9.15 Å². The molecule has 0 spiro atoms. The van der Waals surface area contributed by atoms with Crippen LogP contribution in [0.2, 0.25) is 0 Å². The highest BCUT2D eigenvalue weighted by Crippen LogP contribution is 2.30. The Balaban J connectivity index is 1.43. The van der Waals surface area contributed by atoms with E-state index in [1.165, 1.54) is 24.7 Å². The molecule has 6 nitrogen and oxygen atoms in total. The number of methoxy groups -OCH3 is 1. The maximum Gasteiger partial charge on any atom is 0.275 e. The average molecular weight is 355 g/mol. The van der Waals surface area contributed by atoms with E-state index in [2.05, 4.69) is 22.0 Å². The molecule has 2 heterocycles. The van der Waals surface area contributed by atoms with Gasteiger partial charge in [0.1, 0.15) is 12.0 Å². The van der Waals surface area contributed by atoms with Crippen molar-refractivity contribution >= 4 is 5.91 Å². The largest absolute Gasteiger partial charge is 0.497 e. The fourth-order valence-corrected chi connectivity index (χ4v) is 3.50. The lowest BCUT2D eigenvalue weighted by Crippen LogP contribution is -2.28. The molecule has 2 fully saturated rings. The number of hydrogen-bond acceptors (Lipinski definition) is 5. The van der Waals surface area contributed by atoms with Crippen molar-refractivity contribution in [3.8, 4) is 5.75 Å². The van der Waals surface area contributed by atoms with Gasteiger partial charge in [0.05, 0.1) is 13.7 Å². The minimum atomic E-state index is -0.0109. The van der Waals surface area contributed by atoms with E-state index in [-0.39, 0.29) is 5.91 Å². The molecule has 2 aromatic rings. The summed E-state index contributed by atoms with van der Waals surface area (Å²) in [7, 11) is 1.68. The lowest BCUT2D eigenvalue weighted by Gasteiger charge is -2.20. The summed E-state index contributed by atoms with van der Waals surface area (Å²) in [6.07, 6.45) is 6.06. The molecule has 0 bridgehead atoms. The van der Waals surface area contributed by atoms with Gasteiger partial charge in [-0.25, -0.2) is 4.98 Å². The van der Waals surface area contributed by atoms with Crippen LogP contribution >= 0.6 is 0 Å². The van der Waals surface area contributed by atoms with Crippen LogP contribution in [0.4, 0.5) is 0 Å². The monoisotopic (exact) mass is 355 g/mol. The zero-order valence-corrected chi connectivity index (χ0v) is 15.2. The first-order valence-corrected chi connectivity index (χ1v) is 9.33. The van der Waals surface area contributed by atoms with Crippen LogP contribution < -0.4 is 4.74 Å². The van der Waals surface area contributed by atoms with Gasteiger partial charge in [-0.2, -0.15) is 0 Å². The molecule has 0 radical (unpaired) electrons. The minimum absolute atomic E-state index is 0.0109. The molecule has 0 N–H and O–H groups in total. The number of likely N-dealkylation sites (tertiary alicyclic amines) is 1. The Hall–Kier alpha value is -2.34. The van der Waals surface area contributed by atoms with Crippen molar-refractivity contribution in [2.75, 3.05) is 20.2 Å². The van der Waals surface area contributed by atoms with Gasteiger partial charge in [-0.15, -0.1) is 0 Å². The van der Waals surface area contributed by atoms with Crippen LogP contribution in [-0.4, -0.2) is 46.9 Å². The van der Waals surface area contributed by atoms with Crippen LogP contribution in [0, 0.1) is 0 Å². The maximum atomic E-state index is 12.4. The quantitative estimate of drug-likeness (QED) is 0.764. The first-order valence-electron chi connectivity index (χ1n) is 9.33. The van der Waals surface area contributed by atoms with Crippen molar-refractivity contribution in [1.82, 2.24) is 14.8 Å². The first kappa shape index (κ1) is 17.1. The van der Waals surface area contributed by atoms with Gasteiger partial charge >= 0.3 is 0 Å². The summed E-state index contributed by atoms with van der Waals surface area (Å²) in [5.74, 6) is 1.47. The molecule has 1 aliphatic heterocycles. The Bertz CT molecular complexity index is 763. The van der Waals surface area contributed by atoms with E-state index in [1.54, 1.807) is 7.11 Å². The van der Waals surface area contributed by atoms with E-state index in [0.29, 0.717) is 24.2 Å². The third kappa shape index (κ3) is 3.90. The Labute approximate surface area is 153 Å². The Kier molecular flexibility index (Phi) is 4.93. The molecule has 138 valence electrons. The molecule has 1 saturated heterocycles. The number of nitrogens with zero attached hydrogens (tertiary/aromatic N) is 3. The fraction of sp³-hybridized carbons (Fsp3) is 0.500. The second kappa shape index (κ2) is 7.50. The maximum absolute atomic E-state index is 12.4. The van der Waals surface area contributed by atoms with Crippen molar-refractivity contribution in [1.29, 1.82) is 0 Å². The molecule has 1 aromatic heterocycles. The number of ether oxygens (including phenoxy) is 1. The predicted molar refractivity (Wildman–Crippen MR) is 96.9 cm³/mol. The van der Waals surface area contributed by atoms with Crippen LogP contribution in [0.3, 0.4) is 0 Å². The van der Waals surface area contributed by atoms with Gasteiger partial charge in [-0.3, -0.25) is 9.69 Å². The molecule has 2 aliphatic rings. The number of hydrogen-bond donors (Lipinski definition) is 0. The smallest absolute Gasteiger partial charge is 0.275 e. The number of carbonyl (C=O) groups is 1. The van der Waals surface area contributed by atoms with Gasteiger partial charge in [0.25, 0.3) is 5.91 Å². The van der Waals surface area contributed by atoms with Crippen LogP contribution in [-0.2, 0) is 13.1 Å². The molecular weight excluding hydrogens is 330 g/mol. The normalized spacial score (nSPS) is 17.1. The van der Waals surface area contributed by atoms with E-state index in [1.807, 2.05) is 17.0 Å². The SMILES string of the molecule is COc1cccc(CN(Cc2nc(C(=O)N3CCCC3)co2)C2CC2)c1. The average Bonchev–Trinajstić information content (AvgIpc) is 3.17. The molecule has 26 heavy (non-hydrogen) atoms. The summed E-state index contributed by atoms with van der Waals surface area (Å²) >= 11 is 0. The van der Waals surface area contributed by atoms with Gasteiger partial charge < -0.3 is 14.1 Å². The molecule has 1 aliphatic carbocycles. The summed E-state index contributed by atoms with van der Waals surface area (Å²) < 4.78 is 10.9. The summed E-state index contributed by atoms with van der Waals surface area (Å²) in [5.41, 5.74) is 1.63. The van der Waals surface area contributed by atoms with Crippen molar-refractivity contribution in [2.45, 2.75) is 44.8 Å². The van der Waals surface area contributed by atoms with Crippen LogP contribution in [0.1, 0.15) is 47.6 Å². The molecule has 1 amide bonds. The Morgan fingerprint density at radius 1 is 1.31 bits per heavy atom. The molecule has 0 unspecified atom stereocenters. The van der Waals surface area contributed by atoms with Crippen LogP contribution in [0.25, 0.3) is 0 Å². The second-order valence-corrected chi connectivity index (χ2v) is 7.11. The Morgan fingerprint density at radius 3 is 2.85 bits per heavy atom. The lowest BCUT2D eigenvalue weighted by atomic mass is 10.2. The number of carbonyl (C=O) groups excluding carboxylic acids is 1. The van der Waals surface area contributed by atoms with Gasteiger partial charge in [-0.1, -0.05) is 12.1 Å². The number of aromatic nitrogens is 1. The molecule has 4 rings (SSSR count). The number of oxazole rings is 1.